The lowest BCUT2D eigenvalue weighted by atomic mass is 9.77. The van der Waals surface area contributed by atoms with Crippen molar-refractivity contribution < 1.29 is 9.53 Å². The van der Waals surface area contributed by atoms with Gasteiger partial charge in [0, 0.05) is 9.26 Å². The first-order valence-electron chi connectivity index (χ1n) is 10.6. The van der Waals surface area contributed by atoms with Gasteiger partial charge in [-0.25, -0.2) is 0 Å². The molecule has 3 aromatic rings. The zero-order valence-corrected chi connectivity index (χ0v) is 19.3. The fraction of sp³-hybridized carbons (Fsp3) is 0.269. The van der Waals surface area contributed by atoms with Crippen molar-refractivity contribution in [3.8, 4) is 5.75 Å². The molecule has 0 aromatic heterocycles. The number of unbranched alkanes of at least 4 members (excludes halogenated alkanes) is 2. The van der Waals surface area contributed by atoms with Crippen molar-refractivity contribution in [2.45, 2.75) is 38.1 Å². The first-order valence-corrected chi connectivity index (χ1v) is 11.6. The monoisotopic (exact) mass is 511 g/mol. The van der Waals surface area contributed by atoms with Gasteiger partial charge in [0.1, 0.15) is 5.75 Å². The number of nitrogens with zero attached hydrogens (tertiary/aromatic N) is 1. The molecular formula is C26H26INO2. The Balaban J connectivity index is 1.60. The van der Waals surface area contributed by atoms with E-state index in [4.69, 9.17) is 4.74 Å². The van der Waals surface area contributed by atoms with Crippen molar-refractivity contribution in [2.24, 2.45) is 0 Å². The maximum Gasteiger partial charge on any atom is 0.237 e. The quantitative estimate of drug-likeness (QED) is 0.191. The number of amides is 1. The smallest absolute Gasteiger partial charge is 0.237 e. The van der Waals surface area contributed by atoms with Gasteiger partial charge < -0.3 is 9.64 Å². The van der Waals surface area contributed by atoms with Crippen molar-refractivity contribution in [3.05, 3.63) is 93.6 Å². The minimum absolute atomic E-state index is 0.0193. The zero-order valence-electron chi connectivity index (χ0n) is 17.1. The molecule has 0 N–H and O–H groups in total. The summed E-state index contributed by atoms with van der Waals surface area (Å²) in [5.41, 5.74) is 3.13. The van der Waals surface area contributed by atoms with Crippen LogP contribution in [-0.2, 0) is 4.79 Å². The molecule has 154 valence electrons. The summed E-state index contributed by atoms with van der Waals surface area (Å²) in [6, 6.07) is 26.5. The van der Waals surface area contributed by atoms with Gasteiger partial charge in [-0.2, -0.15) is 0 Å². The van der Waals surface area contributed by atoms with E-state index < -0.39 is 0 Å². The molecular weight excluding hydrogens is 485 g/mol. The van der Waals surface area contributed by atoms with Crippen LogP contribution in [-0.4, -0.2) is 12.5 Å². The summed E-state index contributed by atoms with van der Waals surface area (Å²) >= 11 is 2.29. The molecule has 1 heterocycles. The number of carbonyl (C=O) groups excluding carboxylic acids is 1. The van der Waals surface area contributed by atoms with E-state index in [1.54, 1.807) is 0 Å². The first kappa shape index (κ1) is 20.9. The summed E-state index contributed by atoms with van der Waals surface area (Å²) < 4.78 is 7.03. The molecule has 4 rings (SSSR count). The predicted octanol–water partition coefficient (Wildman–Crippen LogP) is 6.73. The predicted molar refractivity (Wildman–Crippen MR) is 130 cm³/mol. The molecule has 1 fully saturated rings. The number of rotatable bonds is 8. The number of halogens is 1. The van der Waals surface area contributed by atoms with Gasteiger partial charge in [0.05, 0.1) is 18.6 Å². The van der Waals surface area contributed by atoms with Crippen LogP contribution in [0.5, 0.6) is 5.75 Å². The van der Waals surface area contributed by atoms with Crippen LogP contribution < -0.4 is 9.64 Å². The Kier molecular flexibility index (Phi) is 6.72. The van der Waals surface area contributed by atoms with Crippen LogP contribution in [0.1, 0.15) is 49.3 Å². The summed E-state index contributed by atoms with van der Waals surface area (Å²) in [5, 5.41) is 0. The lowest BCUT2D eigenvalue weighted by Gasteiger charge is -2.47. The van der Waals surface area contributed by atoms with E-state index >= 15 is 0 Å². The number of benzene rings is 3. The van der Waals surface area contributed by atoms with E-state index in [0.29, 0.717) is 0 Å². The first-order chi connectivity index (χ1) is 14.7. The van der Waals surface area contributed by atoms with Crippen molar-refractivity contribution in [3.63, 3.8) is 0 Å². The van der Waals surface area contributed by atoms with Crippen LogP contribution in [0.25, 0.3) is 0 Å². The second-order valence-electron chi connectivity index (χ2n) is 7.64. The van der Waals surface area contributed by atoms with Gasteiger partial charge in [0.15, 0.2) is 0 Å². The minimum Gasteiger partial charge on any atom is -0.494 e. The van der Waals surface area contributed by atoms with Crippen LogP contribution in [0.15, 0.2) is 78.9 Å². The van der Waals surface area contributed by atoms with Gasteiger partial charge in [-0.05, 0) is 76.5 Å². The molecule has 0 radical (unpaired) electrons. The molecule has 1 aliphatic heterocycles. The molecule has 3 nitrogen and oxygen atoms in total. The SMILES string of the molecule is CCCCCOc1ccc(C2C(c3ccccc3)C(=O)N2c2ccc(I)cc2)cc1. The van der Waals surface area contributed by atoms with Gasteiger partial charge >= 0.3 is 0 Å². The molecule has 4 heteroatoms. The average Bonchev–Trinajstić information content (AvgIpc) is 2.78. The number of hydrogen-bond donors (Lipinski definition) is 0. The maximum atomic E-state index is 13.2. The Morgan fingerprint density at radius 2 is 1.57 bits per heavy atom. The van der Waals surface area contributed by atoms with Gasteiger partial charge in [0.25, 0.3) is 0 Å². The summed E-state index contributed by atoms with van der Waals surface area (Å²) in [6.07, 6.45) is 3.45. The Bertz CT molecular complexity index is 970. The maximum absolute atomic E-state index is 13.2. The Morgan fingerprint density at radius 3 is 2.23 bits per heavy atom. The molecule has 0 saturated carbocycles. The summed E-state index contributed by atoms with van der Waals surface area (Å²) in [6.45, 7) is 2.94. The summed E-state index contributed by atoms with van der Waals surface area (Å²) in [4.78, 5) is 15.1. The second-order valence-corrected chi connectivity index (χ2v) is 8.89. The number of anilines is 1. The molecule has 1 amide bonds. The highest BCUT2D eigenvalue weighted by molar-refractivity contribution is 14.1. The van der Waals surface area contributed by atoms with Crippen molar-refractivity contribution in [1.29, 1.82) is 0 Å². The minimum atomic E-state index is -0.165. The third kappa shape index (κ3) is 4.38. The Morgan fingerprint density at radius 1 is 0.867 bits per heavy atom. The van der Waals surface area contributed by atoms with Gasteiger partial charge in [-0.15, -0.1) is 0 Å². The summed E-state index contributed by atoms with van der Waals surface area (Å²) in [7, 11) is 0. The zero-order chi connectivity index (χ0) is 20.9. The highest BCUT2D eigenvalue weighted by atomic mass is 127. The molecule has 2 unspecified atom stereocenters. The molecule has 0 spiro atoms. The van der Waals surface area contributed by atoms with Crippen molar-refractivity contribution in [1.82, 2.24) is 0 Å². The number of hydrogen-bond acceptors (Lipinski definition) is 2. The van der Waals surface area contributed by atoms with Crippen LogP contribution >= 0.6 is 22.6 Å². The highest BCUT2D eigenvalue weighted by Gasteiger charge is 2.49. The van der Waals surface area contributed by atoms with Crippen molar-refractivity contribution in [2.75, 3.05) is 11.5 Å². The third-order valence-corrected chi connectivity index (χ3v) is 6.32. The fourth-order valence-electron chi connectivity index (χ4n) is 4.01. The van der Waals surface area contributed by atoms with Crippen LogP contribution in [0.4, 0.5) is 5.69 Å². The topological polar surface area (TPSA) is 29.5 Å². The van der Waals surface area contributed by atoms with Crippen LogP contribution in [0.2, 0.25) is 0 Å². The van der Waals surface area contributed by atoms with E-state index in [1.807, 2.05) is 71.6 Å². The largest absolute Gasteiger partial charge is 0.494 e. The lowest BCUT2D eigenvalue weighted by molar-refractivity contribution is -0.126. The standard InChI is InChI=1S/C26H26INO2/c1-2-3-7-18-30-23-16-10-20(11-17-23)25-24(19-8-5-4-6-9-19)26(29)28(25)22-14-12-21(27)13-15-22/h4-6,8-17,24-25H,2-3,7,18H2,1H3. The average molecular weight is 511 g/mol. The molecule has 1 aliphatic rings. The third-order valence-electron chi connectivity index (χ3n) is 5.60. The number of carbonyl (C=O) groups is 1. The van der Waals surface area contributed by atoms with E-state index in [2.05, 4.69) is 41.6 Å². The highest BCUT2D eigenvalue weighted by Crippen LogP contribution is 2.49. The van der Waals surface area contributed by atoms with Crippen LogP contribution in [0.3, 0.4) is 0 Å². The lowest BCUT2D eigenvalue weighted by Crippen LogP contribution is -2.53. The van der Waals surface area contributed by atoms with E-state index in [9.17, 15) is 4.79 Å². The van der Waals surface area contributed by atoms with Crippen LogP contribution in [0, 0.1) is 3.57 Å². The fourth-order valence-corrected chi connectivity index (χ4v) is 4.37. The van der Waals surface area contributed by atoms with E-state index in [0.717, 1.165) is 39.2 Å². The Hall–Kier alpha value is -2.34. The van der Waals surface area contributed by atoms with Gasteiger partial charge in [0.2, 0.25) is 5.91 Å². The summed E-state index contributed by atoms with van der Waals surface area (Å²) in [5.74, 6) is 0.867. The molecule has 3 aromatic carbocycles. The Labute approximate surface area is 192 Å². The van der Waals surface area contributed by atoms with Crippen molar-refractivity contribution >= 4 is 34.2 Å². The van der Waals surface area contributed by atoms with E-state index in [1.165, 1.54) is 12.8 Å². The van der Waals surface area contributed by atoms with Gasteiger partial charge in [-0.3, -0.25) is 4.79 Å². The molecule has 30 heavy (non-hydrogen) atoms. The number of ether oxygens (including phenoxy) is 1. The number of β-lactam (4-membered cyclic amide) rings is 1. The molecule has 1 saturated heterocycles. The van der Waals surface area contributed by atoms with E-state index in [-0.39, 0.29) is 17.9 Å². The normalized spacial score (nSPS) is 18.2. The molecule has 2 atom stereocenters. The molecule has 0 bridgehead atoms. The second kappa shape index (κ2) is 9.65. The molecule has 0 aliphatic carbocycles. The van der Waals surface area contributed by atoms with Gasteiger partial charge in [-0.1, -0.05) is 62.2 Å².